The number of alkyl halides is 3. The molecule has 2 aromatic carbocycles. The van der Waals surface area contributed by atoms with E-state index in [-0.39, 0.29) is 11.1 Å². The lowest BCUT2D eigenvalue weighted by atomic mass is 10.0. The summed E-state index contributed by atoms with van der Waals surface area (Å²) in [6.45, 7) is 0. The van der Waals surface area contributed by atoms with Crippen LogP contribution >= 0.6 is 27.5 Å². The van der Waals surface area contributed by atoms with Crippen molar-refractivity contribution in [1.82, 2.24) is 0 Å². The minimum atomic E-state index is -4.86. The molecule has 0 bridgehead atoms. The number of carbonyl (C=O) groups excluding carboxylic acids is 1. The van der Waals surface area contributed by atoms with Gasteiger partial charge in [-0.2, -0.15) is 13.2 Å². The molecule has 0 radical (unpaired) electrons. The minimum Gasteiger partial charge on any atom is -0.289 e. The van der Waals surface area contributed by atoms with E-state index in [4.69, 9.17) is 11.6 Å². The summed E-state index contributed by atoms with van der Waals surface area (Å²) in [5, 5.41) is 0.363. The Kier molecular flexibility index (Phi) is 4.39. The molecule has 2 aromatic rings. The summed E-state index contributed by atoms with van der Waals surface area (Å²) < 4.78 is 51.5. The van der Waals surface area contributed by atoms with E-state index in [2.05, 4.69) is 15.9 Å². The van der Waals surface area contributed by atoms with Gasteiger partial charge >= 0.3 is 6.18 Å². The molecule has 0 fully saturated rings. The fourth-order valence-corrected chi connectivity index (χ4v) is 2.18. The van der Waals surface area contributed by atoms with Crippen molar-refractivity contribution >= 4 is 33.3 Å². The van der Waals surface area contributed by atoms with Crippen molar-refractivity contribution in [2.24, 2.45) is 0 Å². The van der Waals surface area contributed by atoms with Gasteiger partial charge < -0.3 is 0 Å². The number of hydrogen-bond donors (Lipinski definition) is 0. The van der Waals surface area contributed by atoms with Crippen LogP contribution in [0.25, 0.3) is 0 Å². The highest BCUT2D eigenvalue weighted by molar-refractivity contribution is 9.10. The predicted molar refractivity (Wildman–Crippen MR) is 74.0 cm³/mol. The SMILES string of the molecule is O=C(c1ccc(Cl)c(Br)c1)c1ccc(F)c(C(F)(F)F)c1. The van der Waals surface area contributed by atoms with Crippen LogP contribution in [0.5, 0.6) is 0 Å². The van der Waals surface area contributed by atoms with E-state index in [1.54, 1.807) is 0 Å². The first-order chi connectivity index (χ1) is 9.70. The maximum absolute atomic E-state index is 13.2. The first-order valence-corrected chi connectivity index (χ1v) is 6.74. The monoisotopic (exact) mass is 380 g/mol. The Morgan fingerprint density at radius 2 is 1.62 bits per heavy atom. The summed E-state index contributed by atoms with van der Waals surface area (Å²) in [4.78, 5) is 12.1. The van der Waals surface area contributed by atoms with Gasteiger partial charge in [-0.3, -0.25) is 4.79 Å². The van der Waals surface area contributed by atoms with Gasteiger partial charge in [-0.1, -0.05) is 11.6 Å². The van der Waals surface area contributed by atoms with E-state index in [0.29, 0.717) is 21.6 Å². The largest absolute Gasteiger partial charge is 0.419 e. The number of carbonyl (C=O) groups is 1. The molecule has 2 rings (SSSR count). The van der Waals surface area contributed by atoms with Gasteiger partial charge in [0.05, 0.1) is 10.6 Å². The smallest absolute Gasteiger partial charge is 0.289 e. The first kappa shape index (κ1) is 16.0. The third-order valence-corrected chi connectivity index (χ3v) is 3.93. The molecule has 7 heteroatoms. The summed E-state index contributed by atoms with van der Waals surface area (Å²) in [6.07, 6.45) is -4.86. The van der Waals surface area contributed by atoms with E-state index < -0.39 is 23.3 Å². The Morgan fingerprint density at radius 3 is 2.19 bits per heavy atom. The molecule has 0 saturated heterocycles. The van der Waals surface area contributed by atoms with Gasteiger partial charge in [-0.25, -0.2) is 4.39 Å². The first-order valence-electron chi connectivity index (χ1n) is 5.56. The van der Waals surface area contributed by atoms with Crippen LogP contribution < -0.4 is 0 Å². The van der Waals surface area contributed by atoms with E-state index >= 15 is 0 Å². The van der Waals surface area contributed by atoms with Crippen LogP contribution in [0.1, 0.15) is 21.5 Å². The third-order valence-electron chi connectivity index (χ3n) is 2.72. The van der Waals surface area contributed by atoms with E-state index in [1.807, 2.05) is 0 Å². The molecule has 0 unspecified atom stereocenters. The normalized spacial score (nSPS) is 11.5. The molecular formula is C14H6BrClF4O. The van der Waals surface area contributed by atoms with Gasteiger partial charge in [-0.05, 0) is 52.3 Å². The van der Waals surface area contributed by atoms with Gasteiger partial charge in [0.15, 0.2) is 5.78 Å². The maximum atomic E-state index is 13.2. The second-order valence-corrected chi connectivity index (χ2v) is 5.41. The lowest BCUT2D eigenvalue weighted by Gasteiger charge is -2.10. The standard InChI is InChI=1S/C14H6BrClF4O/c15-10-6-8(1-3-11(10)16)13(21)7-2-4-12(17)9(5-7)14(18,19)20/h1-6H. The quantitative estimate of drug-likeness (QED) is 0.496. The van der Waals surface area contributed by atoms with Crippen molar-refractivity contribution in [3.63, 3.8) is 0 Å². The number of hydrogen-bond acceptors (Lipinski definition) is 1. The molecule has 0 aromatic heterocycles. The summed E-state index contributed by atoms with van der Waals surface area (Å²) in [5.74, 6) is -2.07. The summed E-state index contributed by atoms with van der Waals surface area (Å²) in [7, 11) is 0. The minimum absolute atomic E-state index is 0.144. The number of benzene rings is 2. The number of ketones is 1. The highest BCUT2D eigenvalue weighted by Gasteiger charge is 2.34. The van der Waals surface area contributed by atoms with E-state index in [1.165, 1.54) is 18.2 Å². The predicted octanol–water partition coefficient (Wildman–Crippen LogP) is 5.49. The zero-order chi connectivity index (χ0) is 15.8. The van der Waals surface area contributed by atoms with Crippen LogP contribution in [0.2, 0.25) is 5.02 Å². The third kappa shape index (κ3) is 3.44. The number of halogens is 6. The van der Waals surface area contributed by atoms with Crippen LogP contribution in [-0.4, -0.2) is 5.78 Å². The van der Waals surface area contributed by atoms with Crippen LogP contribution in [0, 0.1) is 5.82 Å². The van der Waals surface area contributed by atoms with Gasteiger partial charge in [-0.15, -0.1) is 0 Å². The molecule has 0 saturated carbocycles. The van der Waals surface area contributed by atoms with Crippen molar-refractivity contribution in [3.05, 3.63) is 68.4 Å². The van der Waals surface area contributed by atoms with Crippen molar-refractivity contribution in [2.45, 2.75) is 6.18 Å². The van der Waals surface area contributed by atoms with Gasteiger partial charge in [0.25, 0.3) is 0 Å². The molecule has 0 amide bonds. The van der Waals surface area contributed by atoms with Gasteiger partial charge in [0, 0.05) is 15.6 Å². The topological polar surface area (TPSA) is 17.1 Å². The zero-order valence-corrected chi connectivity index (χ0v) is 12.5. The molecule has 0 N–H and O–H groups in total. The lowest BCUT2D eigenvalue weighted by molar-refractivity contribution is -0.140. The molecule has 0 aliphatic rings. The lowest BCUT2D eigenvalue weighted by Crippen LogP contribution is -2.11. The Morgan fingerprint density at radius 1 is 1.05 bits per heavy atom. The summed E-state index contributed by atoms with van der Waals surface area (Å²) >= 11 is 8.90. The van der Waals surface area contributed by atoms with Crippen LogP contribution in [0.15, 0.2) is 40.9 Å². The fourth-order valence-electron chi connectivity index (χ4n) is 1.69. The Balaban J connectivity index is 2.46. The molecule has 1 nitrogen and oxygen atoms in total. The highest BCUT2D eigenvalue weighted by atomic mass is 79.9. The average molecular weight is 382 g/mol. The maximum Gasteiger partial charge on any atom is 0.419 e. The van der Waals surface area contributed by atoms with Crippen molar-refractivity contribution in [2.75, 3.05) is 0 Å². The summed E-state index contributed by atoms with van der Waals surface area (Å²) in [5.41, 5.74) is -1.58. The second-order valence-electron chi connectivity index (χ2n) is 4.15. The van der Waals surface area contributed by atoms with Crippen molar-refractivity contribution in [3.8, 4) is 0 Å². The number of rotatable bonds is 2. The van der Waals surface area contributed by atoms with Crippen LogP contribution in [-0.2, 0) is 6.18 Å². The van der Waals surface area contributed by atoms with E-state index in [0.717, 1.165) is 6.07 Å². The highest BCUT2D eigenvalue weighted by Crippen LogP contribution is 2.32. The zero-order valence-electron chi connectivity index (χ0n) is 10.1. The van der Waals surface area contributed by atoms with Crippen molar-refractivity contribution in [1.29, 1.82) is 0 Å². The molecule has 0 atom stereocenters. The molecule has 21 heavy (non-hydrogen) atoms. The van der Waals surface area contributed by atoms with Crippen LogP contribution in [0.4, 0.5) is 17.6 Å². The summed E-state index contributed by atoms with van der Waals surface area (Å²) in [6, 6.07) is 6.34. The van der Waals surface area contributed by atoms with Gasteiger partial charge in [0.2, 0.25) is 0 Å². The average Bonchev–Trinajstić information content (AvgIpc) is 2.40. The Bertz CT molecular complexity index is 713. The Labute approximate surface area is 130 Å². The van der Waals surface area contributed by atoms with Crippen molar-refractivity contribution < 1.29 is 22.4 Å². The molecule has 0 heterocycles. The molecule has 110 valence electrons. The second kappa shape index (κ2) is 5.77. The molecular weight excluding hydrogens is 376 g/mol. The molecule has 0 aliphatic carbocycles. The van der Waals surface area contributed by atoms with Crippen LogP contribution in [0.3, 0.4) is 0 Å². The van der Waals surface area contributed by atoms with E-state index in [9.17, 15) is 22.4 Å². The fraction of sp³-hybridized carbons (Fsp3) is 0.0714. The Hall–Kier alpha value is -1.40. The molecule has 0 aliphatic heterocycles. The molecule has 0 spiro atoms. The van der Waals surface area contributed by atoms with Gasteiger partial charge in [0.1, 0.15) is 5.82 Å².